The van der Waals surface area contributed by atoms with Crippen LogP contribution in [-0.4, -0.2) is 9.13 Å². The van der Waals surface area contributed by atoms with Gasteiger partial charge in [0.1, 0.15) is 12.1 Å². The van der Waals surface area contributed by atoms with Crippen LogP contribution in [0, 0.1) is 22.7 Å². The molecule has 0 aliphatic carbocycles. The molecule has 0 saturated carbocycles. The molecule has 2 atom stereocenters. The lowest BCUT2D eigenvalue weighted by Crippen LogP contribution is -2.18. The predicted molar refractivity (Wildman–Crippen MR) is 290 cm³/mol. The third-order valence-corrected chi connectivity index (χ3v) is 15.3. The highest BCUT2D eigenvalue weighted by molar-refractivity contribution is 6.17. The minimum atomic E-state index is -0.0822. The molecule has 2 aliphatic heterocycles. The molecule has 10 aromatic carbocycles. The first kappa shape index (κ1) is 40.6. The van der Waals surface area contributed by atoms with Crippen molar-refractivity contribution in [3.63, 3.8) is 0 Å². The number of nitrogens with zero attached hydrogens (tertiary/aromatic N) is 5. The highest BCUT2D eigenvalue weighted by Gasteiger charge is 2.50. The number of fused-ring (bicyclic) bond motifs is 11. The zero-order valence-corrected chi connectivity index (χ0v) is 38.7. The summed E-state index contributed by atoms with van der Waals surface area (Å²) in [6.07, 6.45) is 1.79. The monoisotopic (exact) mass is 905 g/mol. The molecule has 14 rings (SSSR count). The van der Waals surface area contributed by atoms with Crippen molar-refractivity contribution in [2.45, 2.75) is 24.9 Å². The second-order valence-electron chi connectivity index (χ2n) is 18.9. The molecule has 5 heteroatoms. The molecule has 71 heavy (non-hydrogen) atoms. The van der Waals surface area contributed by atoms with Crippen molar-refractivity contribution >= 4 is 49.3 Å². The van der Waals surface area contributed by atoms with Crippen molar-refractivity contribution in [1.29, 1.82) is 10.5 Å². The third kappa shape index (κ3) is 6.04. The maximum atomic E-state index is 12.1. The van der Waals surface area contributed by atoms with Gasteiger partial charge in [0.15, 0.2) is 0 Å². The molecule has 0 spiro atoms. The van der Waals surface area contributed by atoms with E-state index in [9.17, 15) is 10.5 Å². The van der Waals surface area contributed by atoms with E-state index in [0.29, 0.717) is 11.1 Å². The summed E-state index contributed by atoms with van der Waals surface area (Å²) >= 11 is 0. The lowest BCUT2D eigenvalue weighted by Gasteiger charge is -2.26. The number of para-hydroxylation sites is 3. The summed E-state index contributed by atoms with van der Waals surface area (Å²) in [5.74, 6) is 0. The van der Waals surface area contributed by atoms with Crippen LogP contribution in [0.1, 0.15) is 47.2 Å². The number of nitriles is 2. The fourth-order valence-corrected chi connectivity index (χ4v) is 12.4. The van der Waals surface area contributed by atoms with Crippen LogP contribution >= 0.6 is 0 Å². The first-order valence-electron chi connectivity index (χ1n) is 24.4. The number of hydrogen-bond acceptors (Lipinski definition) is 3. The van der Waals surface area contributed by atoms with Gasteiger partial charge in [-0.25, -0.2) is 0 Å². The molecule has 4 heterocycles. The minimum Gasteiger partial charge on any atom is -0.357 e. The van der Waals surface area contributed by atoms with Crippen molar-refractivity contribution in [2.24, 2.45) is 0 Å². The molecular formula is C66H43N5. The molecule has 2 aliphatic rings. The topological polar surface area (TPSA) is 60.7 Å². The molecule has 0 amide bonds. The van der Waals surface area contributed by atoms with Crippen molar-refractivity contribution in [3.05, 3.63) is 247 Å². The Labute approximate surface area is 411 Å². The maximum absolute atomic E-state index is 12.1. The van der Waals surface area contributed by atoms with E-state index in [-0.39, 0.29) is 12.1 Å². The third-order valence-electron chi connectivity index (χ3n) is 15.3. The highest BCUT2D eigenvalue weighted by atomic mass is 15.3. The van der Waals surface area contributed by atoms with Gasteiger partial charge in [-0.05, 0) is 70.5 Å². The van der Waals surface area contributed by atoms with Gasteiger partial charge < -0.3 is 14.0 Å². The zero-order chi connectivity index (χ0) is 47.2. The molecule has 332 valence electrons. The van der Waals surface area contributed by atoms with Crippen molar-refractivity contribution in [1.82, 2.24) is 9.13 Å². The molecule has 1 fully saturated rings. The van der Waals surface area contributed by atoms with Gasteiger partial charge in [0.2, 0.25) is 0 Å². The van der Waals surface area contributed by atoms with Gasteiger partial charge in [-0.1, -0.05) is 200 Å². The van der Waals surface area contributed by atoms with E-state index in [4.69, 9.17) is 0 Å². The summed E-state index contributed by atoms with van der Waals surface area (Å²) < 4.78 is 4.75. The Hall–Kier alpha value is -9.42. The molecule has 5 nitrogen and oxygen atoms in total. The first-order chi connectivity index (χ1) is 35.2. The summed E-state index contributed by atoms with van der Waals surface area (Å²) in [4.78, 5) is 2.59. The smallest absolute Gasteiger partial charge is 0.103 e. The summed E-state index contributed by atoms with van der Waals surface area (Å²) in [5.41, 5.74) is 18.3. The van der Waals surface area contributed by atoms with Gasteiger partial charge in [-0.15, -0.1) is 0 Å². The fourth-order valence-electron chi connectivity index (χ4n) is 12.4. The van der Waals surface area contributed by atoms with Crippen LogP contribution in [0.5, 0.6) is 0 Å². The van der Waals surface area contributed by atoms with Gasteiger partial charge in [0, 0.05) is 49.5 Å². The normalized spacial score (nSPS) is 14.9. The molecule has 2 bridgehead atoms. The summed E-state index contributed by atoms with van der Waals surface area (Å²) in [6.45, 7) is 0. The number of anilines is 1. The summed E-state index contributed by atoms with van der Waals surface area (Å²) in [7, 11) is 0. The Kier molecular flexibility index (Phi) is 9.21. The zero-order valence-electron chi connectivity index (χ0n) is 38.7. The van der Waals surface area contributed by atoms with E-state index in [0.717, 1.165) is 129 Å². The van der Waals surface area contributed by atoms with E-state index in [2.05, 4.69) is 251 Å². The van der Waals surface area contributed by atoms with Gasteiger partial charge in [-0.2, -0.15) is 10.5 Å². The van der Waals surface area contributed by atoms with Crippen LogP contribution in [0.25, 0.3) is 99.5 Å². The highest BCUT2D eigenvalue weighted by Crippen LogP contribution is 2.61. The lowest BCUT2D eigenvalue weighted by atomic mass is 9.84. The second kappa shape index (κ2) is 16.1. The predicted octanol–water partition coefficient (Wildman–Crippen LogP) is 16.7. The Morgan fingerprint density at radius 1 is 0.352 bits per heavy atom. The lowest BCUT2D eigenvalue weighted by molar-refractivity contribution is 0.709. The fraction of sp³-hybridized carbons (Fsp3) is 0.0606. The van der Waals surface area contributed by atoms with Crippen LogP contribution in [-0.2, 0) is 0 Å². The van der Waals surface area contributed by atoms with Gasteiger partial charge in [-0.3, -0.25) is 0 Å². The van der Waals surface area contributed by atoms with Crippen LogP contribution in [0.2, 0.25) is 0 Å². The van der Waals surface area contributed by atoms with Crippen LogP contribution < -0.4 is 4.90 Å². The van der Waals surface area contributed by atoms with Crippen molar-refractivity contribution in [2.75, 3.05) is 4.90 Å². The van der Waals surface area contributed by atoms with Gasteiger partial charge >= 0.3 is 0 Å². The van der Waals surface area contributed by atoms with Crippen molar-refractivity contribution < 1.29 is 0 Å². The Morgan fingerprint density at radius 3 is 1.13 bits per heavy atom. The Bertz CT molecular complexity index is 3920. The van der Waals surface area contributed by atoms with Gasteiger partial charge in [0.25, 0.3) is 0 Å². The standard InChI is InChI=1S/C66H43N5/c67-40-55-56(41-68)66(71-60-39-47(43-20-8-2-9-21-43)33-35-52(60)54-31-17-29-50(64(54)71)45-24-12-4-13-25-45)62-58-37-36-57(69(58)48-26-14-5-15-27-48)61(62)65(55)70-59-38-46(42-18-6-1-7-19-42)32-34-51(59)53-30-16-28-49(63(53)70)44-22-10-3-11-23-44/h1-35,38-39,57-58H,36-37H2. The largest absolute Gasteiger partial charge is 0.357 e. The average molecular weight is 906 g/mol. The van der Waals surface area contributed by atoms with E-state index in [1.165, 1.54) is 0 Å². The maximum Gasteiger partial charge on any atom is 0.103 e. The molecule has 1 saturated heterocycles. The number of aromatic nitrogens is 2. The van der Waals surface area contributed by atoms with E-state index in [1.807, 2.05) is 0 Å². The average Bonchev–Trinajstić information content (AvgIpc) is 4.21. The number of benzene rings is 10. The Morgan fingerprint density at radius 2 is 0.732 bits per heavy atom. The molecule has 2 unspecified atom stereocenters. The van der Waals surface area contributed by atoms with Crippen LogP contribution in [0.3, 0.4) is 0 Å². The molecule has 2 aromatic heterocycles. The van der Waals surface area contributed by atoms with E-state index >= 15 is 0 Å². The molecule has 0 radical (unpaired) electrons. The Balaban J connectivity index is 1.19. The molecule has 0 N–H and O–H groups in total. The number of hydrogen-bond donors (Lipinski definition) is 0. The minimum absolute atomic E-state index is 0.0822. The van der Waals surface area contributed by atoms with E-state index in [1.54, 1.807) is 0 Å². The second-order valence-corrected chi connectivity index (χ2v) is 18.9. The summed E-state index contributed by atoms with van der Waals surface area (Å²) in [5, 5.41) is 28.6. The van der Waals surface area contributed by atoms with Gasteiger partial charge in [0.05, 0.1) is 56.7 Å². The van der Waals surface area contributed by atoms with E-state index < -0.39 is 0 Å². The molecular weight excluding hydrogens is 863 g/mol. The molecule has 12 aromatic rings. The van der Waals surface area contributed by atoms with Crippen LogP contribution in [0.4, 0.5) is 5.69 Å². The first-order valence-corrected chi connectivity index (χ1v) is 24.4. The summed E-state index contributed by atoms with van der Waals surface area (Å²) in [6, 6.07) is 84.9. The SMILES string of the molecule is N#Cc1c(C#N)c(-n2c3cc(-c4ccccc4)ccc3c3cccc(-c4ccccc4)c32)c2c(c1-n1c3cc(-c4ccccc4)ccc3c3cccc(-c4ccccc4)c31)C1CCC2N1c1ccccc1. The number of rotatable bonds is 7. The van der Waals surface area contributed by atoms with Crippen molar-refractivity contribution in [3.8, 4) is 68.0 Å². The van der Waals surface area contributed by atoms with Crippen LogP contribution in [0.15, 0.2) is 224 Å². The quantitative estimate of drug-likeness (QED) is 0.160.